The molecule has 24 heteroatoms. The van der Waals surface area contributed by atoms with Gasteiger partial charge in [-0.15, -0.1) is 0 Å². The van der Waals surface area contributed by atoms with Gasteiger partial charge in [-0.2, -0.15) is 0 Å². The first-order chi connectivity index (χ1) is 43.7. The minimum atomic E-state index is -1.59. The van der Waals surface area contributed by atoms with Crippen molar-refractivity contribution in [2.24, 2.45) is 35.5 Å². The quantitative estimate of drug-likeness (QED) is 0.149. The number of nitrogens with one attached hydrogen (secondary N) is 4. The molecule has 0 spiro atoms. The molecule has 0 bridgehead atoms. The second kappa shape index (κ2) is 36.1. The molecule has 2 aromatic rings. The summed E-state index contributed by atoms with van der Waals surface area (Å²) in [6.07, 6.45) is -0.173. The molecule has 2 saturated heterocycles. The molecule has 0 radical (unpaired) electrons. The number of amides is 10. The molecular weight excluding hydrogens is 1190 g/mol. The van der Waals surface area contributed by atoms with Crippen molar-refractivity contribution in [3.05, 3.63) is 65.7 Å². The highest BCUT2D eigenvalue weighted by atomic mass is 16.5. The fraction of sp³-hybridized carbons (Fsp3) is 0.667. The van der Waals surface area contributed by atoms with E-state index in [9.17, 15) is 38.4 Å². The summed E-state index contributed by atoms with van der Waals surface area (Å²) in [6.45, 7) is 22.5. The Balaban J connectivity index is 1.90. The van der Waals surface area contributed by atoms with E-state index >= 15 is 14.4 Å². The van der Waals surface area contributed by atoms with Crippen molar-refractivity contribution in [1.29, 1.82) is 0 Å². The van der Waals surface area contributed by atoms with Gasteiger partial charge in [-0.3, -0.25) is 47.9 Å². The molecule has 2 aliphatic rings. The maximum atomic E-state index is 15.6. The number of benzene rings is 2. The Morgan fingerprint density at radius 3 is 1.73 bits per heavy atom. The number of piperidine rings is 1. The lowest BCUT2D eigenvalue weighted by Crippen LogP contribution is -2.63. The third-order valence-corrected chi connectivity index (χ3v) is 18.4. The third-order valence-electron chi connectivity index (χ3n) is 18.4. The van der Waals surface area contributed by atoms with Crippen molar-refractivity contribution in [1.82, 2.24) is 50.7 Å². The topological polar surface area (TPSA) is 283 Å². The van der Waals surface area contributed by atoms with Crippen molar-refractivity contribution < 1.29 is 67.0 Å². The van der Waals surface area contributed by atoms with Crippen LogP contribution >= 0.6 is 0 Å². The standard InChI is InChI=1S/C69H108N10O14/c1-20-44(11)59-61(82)70-37-55(81)75(15)57(42(7)8)62(83)72-50(35-47-30-32-49(91-19)33-31-47)69(90)93-46(13)64(85)79-34-26-25-29-52(79)65(86)76(16)58(43(9)10)63(84)73-56(41(5)6)67(88)74(14)53(66(87)78(18)60(45(12)21-2)68(89)77(59)17)36-54(80)71-51(40(3)4)39-92-38-48-27-23-22-24-28-48/h22-24,27-28,30-33,40-46,50-53,56-60H,20-21,25-26,29,34-39H2,1-19H3,(H,70,82)(H,71,80)(H,72,83)(H,73,84)/t44-,45-,46+,50-,51+,52-,53+,56-,57-,58-,59-,60-/m0/s1. The molecule has 4 rings (SSSR count). The molecule has 2 fully saturated rings. The van der Waals surface area contributed by atoms with E-state index in [-0.39, 0.29) is 38.5 Å². The fourth-order valence-electron chi connectivity index (χ4n) is 12.2. The van der Waals surface area contributed by atoms with E-state index in [1.807, 2.05) is 58.0 Å². The van der Waals surface area contributed by atoms with E-state index < -0.39 is 168 Å². The monoisotopic (exact) mass is 1300 g/mol. The van der Waals surface area contributed by atoms with Crippen LogP contribution in [0.2, 0.25) is 0 Å². The molecule has 10 amide bonds. The number of esters is 1. The number of rotatable bonds is 18. The van der Waals surface area contributed by atoms with Gasteiger partial charge in [0.1, 0.15) is 54.1 Å². The zero-order valence-corrected chi connectivity index (χ0v) is 58.6. The number of hydrogen-bond donors (Lipinski definition) is 4. The van der Waals surface area contributed by atoms with Crippen LogP contribution in [0.1, 0.15) is 140 Å². The van der Waals surface area contributed by atoms with Gasteiger partial charge < -0.3 is 64.9 Å². The summed E-state index contributed by atoms with van der Waals surface area (Å²) in [4.78, 5) is 171. The zero-order valence-electron chi connectivity index (χ0n) is 58.6. The van der Waals surface area contributed by atoms with Gasteiger partial charge in [0, 0.05) is 48.2 Å². The summed E-state index contributed by atoms with van der Waals surface area (Å²) < 4.78 is 17.3. The average Bonchev–Trinajstić information content (AvgIpc) is 0.895. The molecule has 0 unspecified atom stereocenters. The van der Waals surface area contributed by atoms with Crippen LogP contribution in [-0.2, 0) is 75.2 Å². The first-order valence-electron chi connectivity index (χ1n) is 33.0. The lowest BCUT2D eigenvalue weighted by Gasteiger charge is -2.41. The van der Waals surface area contributed by atoms with E-state index in [0.29, 0.717) is 37.0 Å². The molecule has 12 atom stereocenters. The number of likely N-dealkylation sites (N-methyl/N-ethyl adjacent to an activating group) is 5. The largest absolute Gasteiger partial charge is 0.497 e. The first kappa shape index (κ1) is 77.8. The molecule has 24 nitrogen and oxygen atoms in total. The summed E-state index contributed by atoms with van der Waals surface area (Å²) >= 11 is 0. The maximum Gasteiger partial charge on any atom is 0.329 e. The van der Waals surface area contributed by atoms with Crippen LogP contribution in [0.25, 0.3) is 0 Å². The zero-order chi connectivity index (χ0) is 69.9. The molecular formula is C69H108N10O14. The van der Waals surface area contributed by atoms with Crippen molar-refractivity contribution in [3.63, 3.8) is 0 Å². The molecule has 93 heavy (non-hydrogen) atoms. The van der Waals surface area contributed by atoms with Gasteiger partial charge in [-0.25, -0.2) is 4.79 Å². The molecule has 518 valence electrons. The molecule has 0 saturated carbocycles. The molecule has 0 aromatic heterocycles. The Morgan fingerprint density at radius 2 is 1.17 bits per heavy atom. The predicted octanol–water partition coefficient (Wildman–Crippen LogP) is 4.59. The van der Waals surface area contributed by atoms with E-state index in [1.165, 1.54) is 68.9 Å². The Labute approximate surface area is 551 Å². The SMILES string of the molecule is CC[C@H](C)[C@H]1C(=O)N(C)[C@@H]([C@@H](C)CC)C(=O)NCC(=O)N(C)[C@@H](C(C)C)C(=O)N[C@@H](Cc2ccc(OC)cc2)C(=O)O[C@H](C)C(=O)N2CCCC[C@H]2C(=O)N(C)[C@@H](C(C)C)C(=O)N[C@@H](C(C)C)C(=O)N(C)[C@H](CC(=O)N[C@H](COCc2ccccc2)C(C)C)C(=O)N1C. The van der Waals surface area contributed by atoms with Crippen LogP contribution in [0.4, 0.5) is 0 Å². The van der Waals surface area contributed by atoms with Gasteiger partial charge >= 0.3 is 5.97 Å². The summed E-state index contributed by atoms with van der Waals surface area (Å²) in [7, 11) is 8.54. The van der Waals surface area contributed by atoms with E-state index in [4.69, 9.17) is 14.2 Å². The Morgan fingerprint density at radius 1 is 0.613 bits per heavy atom. The highest BCUT2D eigenvalue weighted by Crippen LogP contribution is 2.27. The molecule has 0 aliphatic carbocycles. The lowest BCUT2D eigenvalue weighted by atomic mass is 9.92. The predicted molar refractivity (Wildman–Crippen MR) is 352 cm³/mol. The van der Waals surface area contributed by atoms with Crippen molar-refractivity contribution in [2.45, 2.75) is 202 Å². The first-order valence-corrected chi connectivity index (χ1v) is 33.0. The number of carbonyl (C=O) groups is 11. The van der Waals surface area contributed by atoms with Crippen LogP contribution in [-0.4, -0.2) is 217 Å². The van der Waals surface area contributed by atoms with E-state index in [2.05, 4.69) is 21.3 Å². The minimum Gasteiger partial charge on any atom is -0.497 e. The molecule has 2 aliphatic heterocycles. The van der Waals surface area contributed by atoms with Gasteiger partial charge in [0.05, 0.1) is 39.3 Å². The molecule has 2 heterocycles. The Bertz CT molecular complexity index is 2870. The summed E-state index contributed by atoms with van der Waals surface area (Å²) in [5, 5.41) is 11.4. The summed E-state index contributed by atoms with van der Waals surface area (Å²) in [5.74, 6) is -10.4. The number of hydrogen-bond acceptors (Lipinski definition) is 14. The summed E-state index contributed by atoms with van der Waals surface area (Å²) in [6, 6.07) is 5.35. The lowest BCUT2D eigenvalue weighted by molar-refractivity contribution is -0.165. The second-order valence-electron chi connectivity index (χ2n) is 26.7. The Kier molecular flexibility index (Phi) is 30.2. The van der Waals surface area contributed by atoms with Crippen molar-refractivity contribution in [3.8, 4) is 5.75 Å². The number of carbonyl (C=O) groups excluding carboxylic acids is 11. The smallest absolute Gasteiger partial charge is 0.329 e. The van der Waals surface area contributed by atoms with Gasteiger partial charge in [0.15, 0.2) is 6.10 Å². The normalized spacial score (nSPS) is 25.0. The third kappa shape index (κ3) is 20.7. The van der Waals surface area contributed by atoms with Gasteiger partial charge in [-0.1, -0.05) is 138 Å². The van der Waals surface area contributed by atoms with Crippen molar-refractivity contribution >= 4 is 65.0 Å². The van der Waals surface area contributed by atoms with Crippen LogP contribution < -0.4 is 26.0 Å². The molecule has 2 aromatic carbocycles. The summed E-state index contributed by atoms with van der Waals surface area (Å²) in [5.41, 5.74) is 1.51. The van der Waals surface area contributed by atoms with Gasteiger partial charge in [0.2, 0.25) is 53.2 Å². The fourth-order valence-corrected chi connectivity index (χ4v) is 12.2. The number of fused-ring (bicyclic) bond motifs is 1. The molecule has 4 N–H and O–H groups in total. The number of cyclic esters (lactones) is 1. The van der Waals surface area contributed by atoms with E-state index in [1.54, 1.807) is 79.7 Å². The second-order valence-corrected chi connectivity index (χ2v) is 26.7. The minimum absolute atomic E-state index is 0.108. The maximum absolute atomic E-state index is 15.6. The number of methoxy groups -OCH3 is 1. The number of nitrogens with zero attached hydrogens (tertiary/aromatic N) is 6. The highest BCUT2D eigenvalue weighted by Gasteiger charge is 2.46. The highest BCUT2D eigenvalue weighted by molar-refractivity contribution is 6.00. The van der Waals surface area contributed by atoms with Crippen LogP contribution in [0.3, 0.4) is 0 Å². The Hall–Kier alpha value is -7.63. The van der Waals surface area contributed by atoms with Gasteiger partial charge in [-0.05, 0) is 85.0 Å². The average molecular weight is 1300 g/mol. The van der Waals surface area contributed by atoms with Gasteiger partial charge in [0.25, 0.3) is 5.91 Å². The van der Waals surface area contributed by atoms with Crippen LogP contribution in [0, 0.1) is 35.5 Å². The van der Waals surface area contributed by atoms with Crippen molar-refractivity contribution in [2.75, 3.05) is 62.0 Å². The van der Waals surface area contributed by atoms with Crippen LogP contribution in [0.5, 0.6) is 5.75 Å². The van der Waals surface area contributed by atoms with E-state index in [0.717, 1.165) is 15.4 Å². The number of ether oxygens (including phenoxy) is 3. The van der Waals surface area contributed by atoms with Crippen LogP contribution in [0.15, 0.2) is 54.6 Å².